The van der Waals surface area contributed by atoms with Crippen molar-refractivity contribution in [2.75, 3.05) is 5.32 Å². The summed E-state index contributed by atoms with van der Waals surface area (Å²) in [6.45, 7) is 9.98. The van der Waals surface area contributed by atoms with Crippen LogP contribution in [0.3, 0.4) is 0 Å². The van der Waals surface area contributed by atoms with E-state index in [2.05, 4.69) is 16.0 Å². The normalized spacial score (nSPS) is 12.3. The van der Waals surface area contributed by atoms with Crippen LogP contribution in [0, 0.1) is 12.8 Å². The molecule has 0 aliphatic carbocycles. The molecule has 300 valence electrons. The average Bonchev–Trinajstić information content (AvgIpc) is 3.05. The van der Waals surface area contributed by atoms with Gasteiger partial charge in [-0.3, -0.25) is 33.6 Å². The summed E-state index contributed by atoms with van der Waals surface area (Å²) in [5.41, 5.74) is 1.60. The zero-order valence-corrected chi connectivity index (χ0v) is 32.1. The number of aliphatic carboxylic acids is 1. The van der Waals surface area contributed by atoms with Crippen molar-refractivity contribution < 1.29 is 67.1 Å². The van der Waals surface area contributed by atoms with Gasteiger partial charge in [-0.2, -0.15) is 0 Å². The van der Waals surface area contributed by atoms with E-state index in [1.807, 2.05) is 0 Å². The zero-order chi connectivity index (χ0) is 41.5. The Morgan fingerprint density at radius 3 is 1.84 bits per heavy atom. The molecule has 0 bridgehead atoms. The van der Waals surface area contributed by atoms with Crippen molar-refractivity contribution in [2.24, 2.45) is 5.92 Å². The smallest absolute Gasteiger partial charge is 0.417 e. The predicted octanol–water partition coefficient (Wildman–Crippen LogP) is 3.83. The molecule has 0 fully saturated rings. The number of carboxylic acids is 1. The van der Waals surface area contributed by atoms with E-state index in [-0.39, 0.29) is 37.5 Å². The molecule has 4 N–H and O–H groups in total. The highest BCUT2D eigenvalue weighted by molar-refractivity contribution is 6.00. The van der Waals surface area contributed by atoms with Gasteiger partial charge in [0.1, 0.15) is 12.6 Å². The molecule has 0 heterocycles. The maximum Gasteiger partial charge on any atom is 0.417 e. The lowest BCUT2D eigenvalue weighted by atomic mass is 9.94. The first-order valence-electron chi connectivity index (χ1n) is 17.4. The van der Waals surface area contributed by atoms with Crippen LogP contribution < -0.4 is 16.0 Å². The number of alkyl carbamates (subject to hydrolysis) is 1. The molecule has 0 radical (unpaired) electrons. The van der Waals surface area contributed by atoms with Gasteiger partial charge in [-0.1, -0.05) is 56.3 Å². The van der Waals surface area contributed by atoms with Crippen LogP contribution in [-0.2, 0) is 70.3 Å². The number of rotatable bonds is 19. The second-order valence-electron chi connectivity index (χ2n) is 13.3. The second-order valence-corrected chi connectivity index (χ2v) is 13.3. The van der Waals surface area contributed by atoms with Gasteiger partial charge in [-0.15, -0.1) is 0 Å². The predicted molar refractivity (Wildman–Crippen MR) is 194 cm³/mol. The van der Waals surface area contributed by atoms with Crippen LogP contribution >= 0.6 is 0 Å². The summed E-state index contributed by atoms with van der Waals surface area (Å²) in [6, 6.07) is 11.0. The number of carbonyl (C=O) groups is 8. The Labute approximate surface area is 318 Å². The van der Waals surface area contributed by atoms with E-state index in [0.717, 1.165) is 27.7 Å². The molecule has 1 unspecified atom stereocenters. The van der Waals surface area contributed by atoms with Crippen LogP contribution in [0.15, 0.2) is 48.5 Å². The molecule has 0 aliphatic heterocycles. The van der Waals surface area contributed by atoms with Crippen molar-refractivity contribution >= 4 is 53.4 Å². The van der Waals surface area contributed by atoms with Gasteiger partial charge in [0.25, 0.3) is 0 Å². The van der Waals surface area contributed by atoms with Crippen LogP contribution in [0.4, 0.5) is 10.5 Å². The van der Waals surface area contributed by atoms with Crippen LogP contribution in [0.2, 0.25) is 0 Å². The number of carbonyl (C=O) groups excluding carboxylic acids is 7. The lowest BCUT2D eigenvalue weighted by Gasteiger charge is -2.44. The minimum atomic E-state index is -3.41. The highest BCUT2D eigenvalue weighted by Crippen LogP contribution is 2.40. The Kier molecular flexibility index (Phi) is 16.8. The van der Waals surface area contributed by atoms with E-state index in [0.29, 0.717) is 16.7 Å². The third kappa shape index (κ3) is 14.1. The van der Waals surface area contributed by atoms with Crippen LogP contribution in [0.1, 0.15) is 84.4 Å². The van der Waals surface area contributed by atoms with Gasteiger partial charge in [-0.25, -0.2) is 4.79 Å². The first-order chi connectivity index (χ1) is 25.7. The van der Waals surface area contributed by atoms with E-state index in [1.165, 1.54) is 19.1 Å². The largest absolute Gasteiger partial charge is 0.481 e. The Balaban J connectivity index is 2.65. The third-order valence-corrected chi connectivity index (χ3v) is 7.61. The van der Waals surface area contributed by atoms with E-state index < -0.39 is 77.8 Å². The number of esters is 4. The molecule has 0 aliphatic rings. The number of aryl methyl sites for hydroxylation is 2. The fraction of sp³-hybridized carbons (Fsp3) is 0.474. The highest BCUT2D eigenvalue weighted by Gasteiger charge is 2.70. The highest BCUT2D eigenvalue weighted by atomic mass is 16.8. The summed E-state index contributed by atoms with van der Waals surface area (Å²) in [5, 5.41) is 16.9. The van der Waals surface area contributed by atoms with Gasteiger partial charge in [-0.05, 0) is 55.4 Å². The topological polar surface area (TPSA) is 239 Å². The molecule has 17 heteroatoms. The van der Waals surface area contributed by atoms with Crippen LogP contribution in [-0.4, -0.2) is 76.5 Å². The monoisotopic (exact) mass is 771 g/mol. The molecule has 17 nitrogen and oxygen atoms in total. The summed E-state index contributed by atoms with van der Waals surface area (Å²) in [5.74, 6) is -15.0. The molecule has 2 aromatic carbocycles. The van der Waals surface area contributed by atoms with Gasteiger partial charge in [0, 0.05) is 45.8 Å². The Hall–Kier alpha value is -6.00. The molecule has 2 rings (SSSR count). The van der Waals surface area contributed by atoms with Crippen molar-refractivity contribution in [3.8, 4) is 0 Å². The Morgan fingerprint density at radius 2 is 1.33 bits per heavy atom. The first-order valence-corrected chi connectivity index (χ1v) is 17.4. The number of anilines is 1. The third-order valence-electron chi connectivity index (χ3n) is 7.61. The summed E-state index contributed by atoms with van der Waals surface area (Å²) >= 11 is 0. The zero-order valence-electron chi connectivity index (χ0n) is 32.1. The minimum Gasteiger partial charge on any atom is -0.481 e. The lowest BCUT2D eigenvalue weighted by molar-refractivity contribution is -0.348. The molecule has 2 atom stereocenters. The SMILES string of the molecule is CC(=O)OC(CC(C)NC(=O)[C@H](CC(C)C)NC(=O)OCc1ccccc1)(OC(C)=O)C(OC(C)=O)(OC(C)=O)C(=O)Nc1cc(C)ccc1CCC(=O)O. The summed E-state index contributed by atoms with van der Waals surface area (Å²) in [7, 11) is 0. The number of hydrogen-bond acceptors (Lipinski definition) is 13. The molecule has 0 spiro atoms. The van der Waals surface area contributed by atoms with E-state index in [9.17, 15) is 43.5 Å². The van der Waals surface area contributed by atoms with E-state index in [1.54, 1.807) is 57.2 Å². The maximum atomic E-state index is 14.5. The fourth-order valence-electron chi connectivity index (χ4n) is 5.56. The Bertz CT molecular complexity index is 1690. The molecular formula is C38H49N3O14. The summed E-state index contributed by atoms with van der Waals surface area (Å²) in [4.78, 5) is 103. The minimum absolute atomic E-state index is 0.00224. The molecule has 0 saturated carbocycles. The van der Waals surface area contributed by atoms with Gasteiger partial charge in [0.15, 0.2) is 0 Å². The standard InChI is InChI=1S/C38H49N3O14/c1-22(2)18-32(41-36(50)51-21-29-12-10-9-11-13-29)34(48)39-24(4)20-37(52-25(5)42,53-26(6)43)38(54-27(7)44,55-28(8)45)35(49)40-31-19-23(3)14-15-30(31)16-17-33(46)47/h9-15,19,22,24,32H,16-18,20-21H2,1-8H3,(H,39,48)(H,40,49)(H,41,50)(H,46,47)/t24?,32-/m0/s1. The number of nitrogens with one attached hydrogen (secondary N) is 3. The number of carboxylic acid groups (broad SMARTS) is 1. The molecule has 0 saturated heterocycles. The van der Waals surface area contributed by atoms with Gasteiger partial charge < -0.3 is 44.7 Å². The Morgan fingerprint density at radius 1 is 0.764 bits per heavy atom. The van der Waals surface area contributed by atoms with Crippen molar-refractivity contribution in [3.63, 3.8) is 0 Å². The van der Waals surface area contributed by atoms with Crippen molar-refractivity contribution in [1.82, 2.24) is 10.6 Å². The van der Waals surface area contributed by atoms with Gasteiger partial charge >= 0.3 is 53.4 Å². The molecular weight excluding hydrogens is 722 g/mol. The van der Waals surface area contributed by atoms with Crippen molar-refractivity contribution in [2.45, 2.75) is 111 Å². The summed E-state index contributed by atoms with van der Waals surface area (Å²) < 4.78 is 27.1. The van der Waals surface area contributed by atoms with E-state index in [4.69, 9.17) is 23.7 Å². The molecule has 0 aromatic heterocycles. The summed E-state index contributed by atoms with van der Waals surface area (Å²) in [6.07, 6.45) is -2.06. The molecule has 2 aromatic rings. The fourth-order valence-corrected chi connectivity index (χ4v) is 5.56. The molecule has 3 amide bonds. The molecule has 55 heavy (non-hydrogen) atoms. The number of benzene rings is 2. The van der Waals surface area contributed by atoms with Crippen molar-refractivity contribution in [1.29, 1.82) is 0 Å². The van der Waals surface area contributed by atoms with Crippen LogP contribution in [0.5, 0.6) is 0 Å². The quantitative estimate of drug-likeness (QED) is 0.0902. The number of amides is 3. The lowest BCUT2D eigenvalue weighted by Crippen LogP contribution is -2.70. The van der Waals surface area contributed by atoms with Gasteiger partial charge in [0.05, 0.1) is 6.42 Å². The first kappa shape index (κ1) is 45.2. The number of hydrogen-bond donors (Lipinski definition) is 4. The van der Waals surface area contributed by atoms with E-state index >= 15 is 0 Å². The van der Waals surface area contributed by atoms with Gasteiger partial charge in [0.2, 0.25) is 5.91 Å². The van der Waals surface area contributed by atoms with Crippen molar-refractivity contribution in [3.05, 3.63) is 65.2 Å². The maximum absolute atomic E-state index is 14.5. The second kappa shape index (κ2) is 20.5. The number of ether oxygens (including phenoxy) is 5. The average molecular weight is 772 g/mol. The van der Waals surface area contributed by atoms with Crippen LogP contribution in [0.25, 0.3) is 0 Å².